The molecule has 2 aromatic rings. The van der Waals surface area contributed by atoms with Crippen LogP contribution in [0.25, 0.3) is 0 Å². The molecule has 1 saturated heterocycles. The van der Waals surface area contributed by atoms with Gasteiger partial charge >= 0.3 is 0 Å². The molecular formula is C20H23FN2O2. The fourth-order valence-electron chi connectivity index (χ4n) is 2.86. The average molecular weight is 342 g/mol. The summed E-state index contributed by atoms with van der Waals surface area (Å²) in [6, 6.07) is 14.1. The lowest BCUT2D eigenvalue weighted by atomic mass is 10.1. The third kappa shape index (κ3) is 5.29. The molecule has 0 saturated carbocycles. The molecule has 0 unspecified atom stereocenters. The van der Waals surface area contributed by atoms with Crippen LogP contribution in [0.2, 0.25) is 0 Å². The number of nitrogens with one attached hydrogen (secondary N) is 1. The number of carbonyl (C=O) groups is 1. The molecule has 1 amide bonds. The number of hydrogen-bond donors (Lipinski definition) is 1. The van der Waals surface area contributed by atoms with Crippen molar-refractivity contribution in [3.63, 3.8) is 0 Å². The molecule has 0 aromatic heterocycles. The number of halogens is 1. The highest BCUT2D eigenvalue weighted by molar-refractivity contribution is 5.76. The van der Waals surface area contributed by atoms with Crippen molar-refractivity contribution in [2.75, 3.05) is 26.2 Å². The van der Waals surface area contributed by atoms with Crippen molar-refractivity contribution in [1.29, 1.82) is 0 Å². The largest absolute Gasteiger partial charge is 0.489 e. The number of hydrogen-bond acceptors (Lipinski definition) is 3. The molecule has 1 fully saturated rings. The number of nitrogens with zero attached hydrogens (tertiary/aromatic N) is 1. The molecule has 0 atom stereocenters. The lowest BCUT2D eigenvalue weighted by Crippen LogP contribution is -2.46. The lowest BCUT2D eigenvalue weighted by Gasteiger charge is -2.27. The van der Waals surface area contributed by atoms with E-state index in [9.17, 15) is 9.18 Å². The maximum Gasteiger partial charge on any atom is 0.222 e. The predicted octanol–water partition coefficient (Wildman–Crippen LogP) is 2.77. The summed E-state index contributed by atoms with van der Waals surface area (Å²) >= 11 is 0. The van der Waals surface area contributed by atoms with E-state index in [0.29, 0.717) is 19.4 Å². The van der Waals surface area contributed by atoms with Crippen molar-refractivity contribution in [2.45, 2.75) is 19.4 Å². The molecule has 4 nitrogen and oxygen atoms in total. The van der Waals surface area contributed by atoms with E-state index < -0.39 is 0 Å². The molecule has 132 valence electrons. The highest BCUT2D eigenvalue weighted by Crippen LogP contribution is 2.17. The Morgan fingerprint density at radius 2 is 1.84 bits per heavy atom. The van der Waals surface area contributed by atoms with Crippen LogP contribution in [0, 0.1) is 5.82 Å². The van der Waals surface area contributed by atoms with Gasteiger partial charge < -0.3 is 15.0 Å². The molecule has 5 heteroatoms. The third-order valence-corrected chi connectivity index (χ3v) is 4.31. The normalized spacial score (nSPS) is 14.4. The first kappa shape index (κ1) is 17.4. The summed E-state index contributed by atoms with van der Waals surface area (Å²) in [5, 5.41) is 3.25. The molecule has 2 aromatic carbocycles. The molecule has 0 aliphatic carbocycles. The topological polar surface area (TPSA) is 41.6 Å². The molecule has 1 heterocycles. The van der Waals surface area contributed by atoms with Gasteiger partial charge in [0.1, 0.15) is 18.2 Å². The summed E-state index contributed by atoms with van der Waals surface area (Å²) in [5.74, 6) is 0.718. The van der Waals surface area contributed by atoms with E-state index in [4.69, 9.17) is 4.74 Å². The van der Waals surface area contributed by atoms with Crippen LogP contribution in [0.1, 0.15) is 17.5 Å². The number of aryl methyl sites for hydroxylation is 1. The molecule has 3 rings (SSSR count). The molecule has 0 bridgehead atoms. The van der Waals surface area contributed by atoms with Crippen molar-refractivity contribution in [3.8, 4) is 5.75 Å². The molecular weight excluding hydrogens is 319 g/mol. The first-order valence-corrected chi connectivity index (χ1v) is 8.65. The van der Waals surface area contributed by atoms with E-state index in [1.54, 1.807) is 12.1 Å². The Kier molecular flexibility index (Phi) is 6.01. The Hall–Kier alpha value is -2.40. The summed E-state index contributed by atoms with van der Waals surface area (Å²) in [6.45, 7) is 3.72. The Bertz CT molecular complexity index is 697. The minimum absolute atomic E-state index is 0.208. The highest BCUT2D eigenvalue weighted by Gasteiger charge is 2.15. The number of benzene rings is 2. The predicted molar refractivity (Wildman–Crippen MR) is 94.9 cm³/mol. The van der Waals surface area contributed by atoms with E-state index in [1.807, 2.05) is 29.2 Å². The number of rotatable bonds is 6. The smallest absolute Gasteiger partial charge is 0.222 e. The van der Waals surface area contributed by atoms with Crippen LogP contribution in [0.15, 0.2) is 48.5 Å². The molecule has 25 heavy (non-hydrogen) atoms. The molecule has 0 radical (unpaired) electrons. The third-order valence-electron chi connectivity index (χ3n) is 4.31. The SMILES string of the molecule is O=C(CCc1cccc(OCc2ccc(F)cc2)c1)N1CCNCC1. The van der Waals surface area contributed by atoms with Crippen LogP contribution < -0.4 is 10.1 Å². The van der Waals surface area contributed by atoms with E-state index in [2.05, 4.69) is 5.32 Å². The summed E-state index contributed by atoms with van der Waals surface area (Å²) in [6.07, 6.45) is 1.22. The Morgan fingerprint density at radius 3 is 2.60 bits per heavy atom. The van der Waals surface area contributed by atoms with E-state index in [0.717, 1.165) is 43.1 Å². The van der Waals surface area contributed by atoms with Gasteiger partial charge in [-0.2, -0.15) is 0 Å². The van der Waals surface area contributed by atoms with E-state index >= 15 is 0 Å². The summed E-state index contributed by atoms with van der Waals surface area (Å²) in [7, 11) is 0. The first-order chi connectivity index (χ1) is 12.2. The number of amides is 1. The fraction of sp³-hybridized carbons (Fsp3) is 0.350. The van der Waals surface area contributed by atoms with Gasteiger partial charge in [0.25, 0.3) is 0 Å². The zero-order chi connectivity index (χ0) is 17.5. The van der Waals surface area contributed by atoms with Crippen molar-refractivity contribution in [2.24, 2.45) is 0 Å². The highest BCUT2D eigenvalue weighted by atomic mass is 19.1. The van der Waals surface area contributed by atoms with Gasteiger partial charge in [-0.15, -0.1) is 0 Å². The molecule has 1 aliphatic rings. The summed E-state index contributed by atoms with van der Waals surface area (Å²) < 4.78 is 18.7. The zero-order valence-electron chi connectivity index (χ0n) is 14.2. The summed E-state index contributed by atoms with van der Waals surface area (Å²) in [4.78, 5) is 14.2. The van der Waals surface area contributed by atoms with Crippen molar-refractivity contribution in [3.05, 3.63) is 65.5 Å². The molecule has 0 spiro atoms. The second kappa shape index (κ2) is 8.62. The standard InChI is InChI=1S/C20H23FN2O2/c21-18-7-4-17(5-8-18)15-25-19-3-1-2-16(14-19)6-9-20(24)23-12-10-22-11-13-23/h1-5,7-8,14,22H,6,9-13,15H2. The molecule has 1 aliphatic heterocycles. The quantitative estimate of drug-likeness (QED) is 0.878. The Morgan fingerprint density at radius 1 is 1.08 bits per heavy atom. The van der Waals surface area contributed by atoms with Gasteiger partial charge in [-0.05, 0) is 41.8 Å². The maximum atomic E-state index is 12.9. The Balaban J connectivity index is 1.50. The van der Waals surface area contributed by atoms with Gasteiger partial charge in [-0.25, -0.2) is 4.39 Å². The fourth-order valence-corrected chi connectivity index (χ4v) is 2.86. The maximum absolute atomic E-state index is 12.9. The van der Waals surface area contributed by atoms with Crippen molar-refractivity contribution < 1.29 is 13.9 Å². The van der Waals surface area contributed by atoms with Crippen LogP contribution in [-0.2, 0) is 17.8 Å². The van der Waals surface area contributed by atoms with Crippen LogP contribution in [0.5, 0.6) is 5.75 Å². The second-order valence-electron chi connectivity index (χ2n) is 6.19. The van der Waals surface area contributed by atoms with Gasteiger partial charge in [0.05, 0.1) is 0 Å². The average Bonchev–Trinajstić information content (AvgIpc) is 2.67. The van der Waals surface area contributed by atoms with Gasteiger partial charge in [0, 0.05) is 32.6 Å². The van der Waals surface area contributed by atoms with Crippen molar-refractivity contribution >= 4 is 5.91 Å². The van der Waals surface area contributed by atoms with Gasteiger partial charge in [0.15, 0.2) is 0 Å². The van der Waals surface area contributed by atoms with Gasteiger partial charge in [-0.1, -0.05) is 24.3 Å². The van der Waals surface area contributed by atoms with Crippen LogP contribution in [0.3, 0.4) is 0 Å². The second-order valence-corrected chi connectivity index (χ2v) is 6.19. The Labute approximate surface area is 147 Å². The minimum Gasteiger partial charge on any atom is -0.489 e. The van der Waals surface area contributed by atoms with Crippen LogP contribution in [-0.4, -0.2) is 37.0 Å². The minimum atomic E-state index is -0.250. The van der Waals surface area contributed by atoms with Gasteiger partial charge in [0.2, 0.25) is 5.91 Å². The number of piperazine rings is 1. The number of carbonyl (C=O) groups excluding carboxylic acids is 1. The van der Waals surface area contributed by atoms with E-state index in [-0.39, 0.29) is 11.7 Å². The summed E-state index contributed by atoms with van der Waals surface area (Å²) in [5.41, 5.74) is 2.00. The zero-order valence-corrected chi connectivity index (χ0v) is 14.2. The van der Waals surface area contributed by atoms with Crippen LogP contribution >= 0.6 is 0 Å². The van der Waals surface area contributed by atoms with Gasteiger partial charge in [-0.3, -0.25) is 4.79 Å². The van der Waals surface area contributed by atoms with E-state index in [1.165, 1.54) is 12.1 Å². The first-order valence-electron chi connectivity index (χ1n) is 8.65. The monoisotopic (exact) mass is 342 g/mol. The molecule has 1 N–H and O–H groups in total. The van der Waals surface area contributed by atoms with Crippen LogP contribution in [0.4, 0.5) is 4.39 Å². The lowest BCUT2D eigenvalue weighted by molar-refractivity contribution is -0.131. The number of ether oxygens (including phenoxy) is 1. The van der Waals surface area contributed by atoms with Crippen molar-refractivity contribution in [1.82, 2.24) is 10.2 Å².